The second-order valence-corrected chi connectivity index (χ2v) is 8.01. The number of alkyl halides is 1. The molecule has 2 atom stereocenters. The zero-order valence-corrected chi connectivity index (χ0v) is 15.2. The Hall–Kier alpha value is -2.27. The molecular weight excluding hydrogens is 386 g/mol. The Balaban J connectivity index is 1.70. The minimum absolute atomic E-state index is 0.00207. The van der Waals surface area contributed by atoms with Crippen molar-refractivity contribution in [2.75, 3.05) is 42.3 Å². The van der Waals surface area contributed by atoms with Crippen LogP contribution in [0.5, 0.6) is 0 Å². The number of anilines is 2. The molecule has 2 fully saturated rings. The van der Waals surface area contributed by atoms with Crippen molar-refractivity contribution in [3.05, 3.63) is 24.0 Å². The van der Waals surface area contributed by atoms with Gasteiger partial charge in [-0.25, -0.2) is 13.6 Å². The molecule has 1 aromatic rings. The van der Waals surface area contributed by atoms with E-state index in [-0.39, 0.29) is 44.0 Å². The van der Waals surface area contributed by atoms with Gasteiger partial charge in [0.05, 0.1) is 30.7 Å². The van der Waals surface area contributed by atoms with Gasteiger partial charge in [-0.15, -0.1) is 0 Å². The number of nitrogens with zero attached hydrogens (tertiary/aromatic N) is 2. The molecule has 1 unspecified atom stereocenters. The highest BCUT2D eigenvalue weighted by atomic mass is 32.2. The molecule has 27 heavy (non-hydrogen) atoms. The normalized spacial score (nSPS) is 23.7. The molecule has 8 nitrogen and oxygen atoms in total. The van der Waals surface area contributed by atoms with Gasteiger partial charge in [-0.1, -0.05) is 0 Å². The Labute approximate surface area is 154 Å². The number of carbonyl (C=O) groups excluding carboxylic acids is 2. The van der Waals surface area contributed by atoms with E-state index in [0.717, 1.165) is 17.2 Å². The number of rotatable bonds is 5. The van der Waals surface area contributed by atoms with E-state index in [1.54, 1.807) is 0 Å². The van der Waals surface area contributed by atoms with Crippen LogP contribution in [0.4, 0.5) is 25.0 Å². The summed E-state index contributed by atoms with van der Waals surface area (Å²) in [5, 5.41) is 0. The average Bonchev–Trinajstić information content (AvgIpc) is 2.96. The van der Waals surface area contributed by atoms with Gasteiger partial charge in [0.1, 0.15) is 18.5 Å². The zero-order chi connectivity index (χ0) is 19.8. The van der Waals surface area contributed by atoms with E-state index in [9.17, 15) is 26.8 Å². The summed E-state index contributed by atoms with van der Waals surface area (Å²) < 4.78 is 59.8. The third kappa shape index (κ3) is 4.53. The van der Waals surface area contributed by atoms with E-state index in [4.69, 9.17) is 4.74 Å². The SMILES string of the molecule is CS(=O)(=O)OC[C@H]1CN(c2ccc(N3CCC(=O)C(F)C3)c(F)c2)C(=O)O1. The van der Waals surface area contributed by atoms with E-state index in [1.165, 1.54) is 17.0 Å². The van der Waals surface area contributed by atoms with Crippen molar-refractivity contribution in [3.8, 4) is 0 Å². The van der Waals surface area contributed by atoms with Gasteiger partial charge < -0.3 is 9.64 Å². The number of hydrogen-bond acceptors (Lipinski definition) is 7. The summed E-state index contributed by atoms with van der Waals surface area (Å²) >= 11 is 0. The van der Waals surface area contributed by atoms with Crippen LogP contribution in [0.25, 0.3) is 0 Å². The number of ketones is 1. The molecule has 3 rings (SSSR count). The Morgan fingerprint density at radius 2 is 2.04 bits per heavy atom. The first-order chi connectivity index (χ1) is 12.6. The highest BCUT2D eigenvalue weighted by Crippen LogP contribution is 2.29. The first kappa shape index (κ1) is 19.5. The number of ether oxygens (including phenoxy) is 1. The number of hydrogen-bond donors (Lipinski definition) is 0. The predicted molar refractivity (Wildman–Crippen MR) is 91.5 cm³/mol. The van der Waals surface area contributed by atoms with Crippen molar-refractivity contribution in [3.63, 3.8) is 0 Å². The standard InChI is InChI=1S/C16H18F2N2O6S/c1-27(23,24)25-9-11-7-20(16(22)26-11)10-2-3-14(12(17)6-10)19-5-4-15(21)13(18)8-19/h2-3,6,11,13H,4-5,7-9H2,1H3/t11-,13?/m1/s1. The maximum atomic E-state index is 14.5. The third-order valence-electron chi connectivity index (χ3n) is 4.28. The molecule has 148 valence electrons. The molecule has 0 aromatic heterocycles. The van der Waals surface area contributed by atoms with Crippen molar-refractivity contribution in [1.29, 1.82) is 0 Å². The van der Waals surface area contributed by atoms with E-state index < -0.39 is 40.1 Å². The molecule has 1 amide bonds. The molecule has 0 saturated carbocycles. The Morgan fingerprint density at radius 3 is 2.67 bits per heavy atom. The minimum Gasteiger partial charge on any atom is -0.441 e. The zero-order valence-electron chi connectivity index (χ0n) is 14.4. The fraction of sp³-hybridized carbons (Fsp3) is 0.500. The van der Waals surface area contributed by atoms with Gasteiger partial charge in [-0.05, 0) is 18.2 Å². The summed E-state index contributed by atoms with van der Waals surface area (Å²) in [7, 11) is -3.67. The maximum absolute atomic E-state index is 14.5. The average molecular weight is 404 g/mol. The van der Waals surface area contributed by atoms with E-state index in [0.29, 0.717) is 0 Å². The minimum atomic E-state index is -3.67. The molecule has 0 N–H and O–H groups in total. The monoisotopic (exact) mass is 404 g/mol. The van der Waals surface area contributed by atoms with Crippen molar-refractivity contribution < 1.29 is 35.7 Å². The first-order valence-corrected chi connectivity index (χ1v) is 9.99. The van der Waals surface area contributed by atoms with E-state index in [1.807, 2.05) is 0 Å². The molecule has 2 saturated heterocycles. The Morgan fingerprint density at radius 1 is 1.30 bits per heavy atom. The van der Waals surface area contributed by atoms with Crippen LogP contribution in [0.2, 0.25) is 0 Å². The predicted octanol–water partition coefficient (Wildman–Crippen LogP) is 1.24. The summed E-state index contributed by atoms with van der Waals surface area (Å²) in [6.07, 6.45) is -2.33. The van der Waals surface area contributed by atoms with Crippen LogP contribution in [-0.4, -0.2) is 65.1 Å². The molecule has 11 heteroatoms. The summed E-state index contributed by atoms with van der Waals surface area (Å²) in [6.45, 7) is -0.336. The van der Waals surface area contributed by atoms with Crippen molar-refractivity contribution in [2.45, 2.75) is 18.7 Å². The number of halogens is 2. The second kappa shape index (κ2) is 7.39. The summed E-state index contributed by atoms with van der Waals surface area (Å²) in [6, 6.07) is 3.99. The summed E-state index contributed by atoms with van der Waals surface area (Å²) in [5.41, 5.74) is 0.353. The fourth-order valence-corrected chi connectivity index (χ4v) is 3.34. The molecule has 0 radical (unpaired) electrons. The van der Waals surface area contributed by atoms with Crippen molar-refractivity contribution in [2.24, 2.45) is 0 Å². The van der Waals surface area contributed by atoms with Gasteiger partial charge in [-0.2, -0.15) is 8.42 Å². The highest BCUT2D eigenvalue weighted by molar-refractivity contribution is 7.85. The molecule has 0 bridgehead atoms. The third-order valence-corrected chi connectivity index (χ3v) is 4.85. The van der Waals surface area contributed by atoms with Crippen LogP contribution in [0.15, 0.2) is 18.2 Å². The molecule has 0 spiro atoms. The van der Waals surface area contributed by atoms with Crippen LogP contribution >= 0.6 is 0 Å². The Bertz CT molecular complexity index is 862. The molecule has 2 aliphatic rings. The quantitative estimate of drug-likeness (QED) is 0.682. The number of amides is 1. The van der Waals surface area contributed by atoms with Gasteiger partial charge in [-0.3, -0.25) is 13.9 Å². The molecule has 2 aliphatic heterocycles. The van der Waals surface area contributed by atoms with Crippen molar-refractivity contribution in [1.82, 2.24) is 0 Å². The first-order valence-electron chi connectivity index (χ1n) is 8.18. The lowest BCUT2D eigenvalue weighted by molar-refractivity contribution is -0.124. The van der Waals surface area contributed by atoms with Crippen LogP contribution in [-0.2, 0) is 23.8 Å². The van der Waals surface area contributed by atoms with Crippen molar-refractivity contribution >= 4 is 33.4 Å². The molecule has 2 heterocycles. The summed E-state index contributed by atoms with van der Waals surface area (Å²) in [5.74, 6) is -1.16. The lowest BCUT2D eigenvalue weighted by Crippen LogP contribution is -2.42. The van der Waals surface area contributed by atoms with Crippen LogP contribution < -0.4 is 9.80 Å². The number of cyclic esters (lactones) is 1. The summed E-state index contributed by atoms with van der Waals surface area (Å²) in [4.78, 5) is 25.8. The van der Waals surface area contributed by atoms with Gasteiger partial charge in [0.25, 0.3) is 10.1 Å². The van der Waals surface area contributed by atoms with E-state index >= 15 is 0 Å². The van der Waals surface area contributed by atoms with Crippen LogP contribution in [0.1, 0.15) is 6.42 Å². The lowest BCUT2D eigenvalue weighted by atomic mass is 10.1. The maximum Gasteiger partial charge on any atom is 0.414 e. The molecular formula is C16H18F2N2O6S. The highest BCUT2D eigenvalue weighted by Gasteiger charge is 2.34. The van der Waals surface area contributed by atoms with Gasteiger partial charge in [0.2, 0.25) is 0 Å². The lowest BCUT2D eigenvalue weighted by Gasteiger charge is -2.30. The second-order valence-electron chi connectivity index (χ2n) is 6.37. The van der Waals surface area contributed by atoms with Crippen LogP contribution in [0.3, 0.4) is 0 Å². The fourth-order valence-electron chi connectivity index (χ4n) is 2.95. The van der Waals surface area contributed by atoms with Crippen LogP contribution in [0, 0.1) is 5.82 Å². The smallest absolute Gasteiger partial charge is 0.414 e. The number of piperidine rings is 1. The van der Waals surface area contributed by atoms with E-state index in [2.05, 4.69) is 4.18 Å². The number of carbonyl (C=O) groups is 2. The number of Topliss-reactive ketones (excluding diaryl/α,β-unsaturated/α-hetero) is 1. The van der Waals surface area contributed by atoms with Gasteiger partial charge in [0.15, 0.2) is 12.0 Å². The molecule has 0 aliphatic carbocycles. The topological polar surface area (TPSA) is 93.2 Å². The van der Waals surface area contributed by atoms with Gasteiger partial charge in [0, 0.05) is 13.0 Å². The van der Waals surface area contributed by atoms with Gasteiger partial charge >= 0.3 is 6.09 Å². The largest absolute Gasteiger partial charge is 0.441 e. The molecule has 1 aromatic carbocycles. The number of benzene rings is 1. The Kier molecular flexibility index (Phi) is 5.33.